The van der Waals surface area contributed by atoms with Gasteiger partial charge in [-0.2, -0.15) is 5.10 Å². The normalized spacial score (nSPS) is 10.9. The molecule has 1 aromatic carbocycles. The van der Waals surface area contributed by atoms with Crippen LogP contribution in [0.25, 0.3) is 11.3 Å². The number of hydrogen-bond acceptors (Lipinski definition) is 2. The van der Waals surface area contributed by atoms with Crippen molar-refractivity contribution < 1.29 is 9.90 Å². The lowest BCUT2D eigenvalue weighted by Crippen LogP contribution is -1.97. The first-order valence-electron chi connectivity index (χ1n) is 5.86. The molecule has 94 valence electrons. The molecule has 4 nitrogen and oxygen atoms in total. The zero-order chi connectivity index (χ0) is 13.3. The number of aryl methyl sites for hydroxylation is 1. The molecule has 0 amide bonds. The smallest absolute Gasteiger partial charge is 0.339 e. The van der Waals surface area contributed by atoms with Crippen molar-refractivity contribution >= 4 is 5.97 Å². The fourth-order valence-corrected chi connectivity index (χ4v) is 1.88. The molecule has 0 bridgehead atoms. The fraction of sp³-hybridized carbons (Fsp3) is 0.286. The molecule has 0 spiro atoms. The van der Waals surface area contributed by atoms with Crippen LogP contribution in [0.2, 0.25) is 0 Å². The second kappa shape index (κ2) is 4.64. The molecule has 0 aliphatic carbocycles. The van der Waals surface area contributed by atoms with E-state index in [4.69, 9.17) is 5.11 Å². The van der Waals surface area contributed by atoms with Crippen molar-refractivity contribution in [1.82, 2.24) is 9.78 Å². The molecule has 0 unspecified atom stereocenters. The zero-order valence-electron chi connectivity index (χ0n) is 10.7. The molecule has 1 aromatic heterocycles. The first-order chi connectivity index (χ1) is 8.49. The van der Waals surface area contributed by atoms with E-state index < -0.39 is 5.97 Å². The van der Waals surface area contributed by atoms with Crippen molar-refractivity contribution in [1.29, 1.82) is 0 Å². The maximum atomic E-state index is 11.1. The highest BCUT2D eigenvalue weighted by Gasteiger charge is 2.16. The minimum Gasteiger partial charge on any atom is -0.478 e. The second-order valence-electron chi connectivity index (χ2n) is 4.65. The van der Waals surface area contributed by atoms with Gasteiger partial charge in [0.2, 0.25) is 0 Å². The predicted octanol–water partition coefficient (Wildman–Crippen LogP) is 2.91. The van der Waals surface area contributed by atoms with E-state index in [0.717, 1.165) is 5.56 Å². The third-order valence-corrected chi connectivity index (χ3v) is 2.91. The van der Waals surface area contributed by atoms with Gasteiger partial charge in [0.15, 0.2) is 0 Å². The number of carboxylic acids is 1. The van der Waals surface area contributed by atoms with Crippen LogP contribution in [0.3, 0.4) is 0 Å². The molecule has 2 aromatic rings. The Kier molecular flexibility index (Phi) is 3.19. The molecule has 18 heavy (non-hydrogen) atoms. The van der Waals surface area contributed by atoms with Crippen LogP contribution < -0.4 is 0 Å². The van der Waals surface area contributed by atoms with Gasteiger partial charge in [0.05, 0.1) is 0 Å². The van der Waals surface area contributed by atoms with Gasteiger partial charge in [0, 0.05) is 18.8 Å². The highest BCUT2D eigenvalue weighted by molar-refractivity contribution is 5.94. The molecule has 0 fully saturated rings. The molecule has 2 rings (SSSR count). The van der Waals surface area contributed by atoms with E-state index in [9.17, 15) is 4.79 Å². The van der Waals surface area contributed by atoms with Crippen LogP contribution in [0.4, 0.5) is 0 Å². The summed E-state index contributed by atoms with van der Waals surface area (Å²) in [5.41, 5.74) is 2.80. The van der Waals surface area contributed by atoms with Crippen LogP contribution in [-0.2, 0) is 7.05 Å². The minimum absolute atomic E-state index is 0.231. The largest absolute Gasteiger partial charge is 0.478 e. The van der Waals surface area contributed by atoms with E-state index in [-0.39, 0.29) is 5.56 Å². The Bertz CT molecular complexity index is 568. The minimum atomic E-state index is -0.953. The molecule has 0 saturated heterocycles. The summed E-state index contributed by atoms with van der Waals surface area (Å²) >= 11 is 0. The molecular formula is C14H16N2O2. The first kappa shape index (κ1) is 12.4. The van der Waals surface area contributed by atoms with Crippen molar-refractivity contribution in [2.24, 2.45) is 7.05 Å². The monoisotopic (exact) mass is 244 g/mol. The Morgan fingerprint density at radius 1 is 1.28 bits per heavy atom. The maximum Gasteiger partial charge on any atom is 0.339 e. The fourth-order valence-electron chi connectivity index (χ4n) is 1.88. The quantitative estimate of drug-likeness (QED) is 0.903. The Morgan fingerprint density at radius 2 is 1.89 bits per heavy atom. The summed E-state index contributed by atoms with van der Waals surface area (Å²) in [5, 5.41) is 13.3. The van der Waals surface area contributed by atoms with E-state index in [1.54, 1.807) is 7.05 Å². The van der Waals surface area contributed by atoms with E-state index in [0.29, 0.717) is 11.6 Å². The third kappa shape index (κ3) is 2.27. The molecule has 1 heterocycles. The first-order valence-corrected chi connectivity index (χ1v) is 5.86. The number of carboxylic acid groups (broad SMARTS) is 1. The lowest BCUT2D eigenvalue weighted by molar-refractivity contribution is 0.0697. The number of aromatic nitrogens is 2. The van der Waals surface area contributed by atoms with Gasteiger partial charge < -0.3 is 5.11 Å². The number of hydrogen-bond donors (Lipinski definition) is 1. The van der Waals surface area contributed by atoms with Gasteiger partial charge in [-0.05, 0) is 11.5 Å². The number of aromatic carboxylic acids is 1. The van der Waals surface area contributed by atoms with Gasteiger partial charge in [-0.15, -0.1) is 0 Å². The van der Waals surface area contributed by atoms with Gasteiger partial charge in [-0.3, -0.25) is 4.68 Å². The summed E-state index contributed by atoms with van der Waals surface area (Å²) in [6, 6.07) is 7.87. The van der Waals surface area contributed by atoms with Gasteiger partial charge in [-0.25, -0.2) is 4.79 Å². The number of benzene rings is 1. The lowest BCUT2D eigenvalue weighted by Gasteiger charge is -2.06. The SMILES string of the molecule is CC(C)c1ccc(-c2nn(C)cc2C(=O)O)cc1. The molecule has 0 radical (unpaired) electrons. The van der Waals surface area contributed by atoms with Gasteiger partial charge >= 0.3 is 5.97 Å². The summed E-state index contributed by atoms with van der Waals surface area (Å²) in [5.74, 6) is -0.493. The molecule has 0 atom stereocenters. The third-order valence-electron chi connectivity index (χ3n) is 2.91. The number of carbonyl (C=O) groups is 1. The van der Waals surface area contributed by atoms with Crippen molar-refractivity contribution in [3.05, 3.63) is 41.6 Å². The topological polar surface area (TPSA) is 55.1 Å². The lowest BCUT2D eigenvalue weighted by atomic mass is 10.00. The van der Waals surface area contributed by atoms with Crippen LogP contribution >= 0.6 is 0 Å². The highest BCUT2D eigenvalue weighted by atomic mass is 16.4. The average Bonchev–Trinajstić information content (AvgIpc) is 2.71. The summed E-state index contributed by atoms with van der Waals surface area (Å²) < 4.78 is 1.52. The summed E-state index contributed by atoms with van der Waals surface area (Å²) in [7, 11) is 1.72. The molecule has 1 N–H and O–H groups in total. The Balaban J connectivity index is 2.45. The van der Waals surface area contributed by atoms with Crippen LogP contribution in [0.5, 0.6) is 0 Å². The van der Waals surface area contributed by atoms with E-state index in [1.807, 2.05) is 24.3 Å². The maximum absolute atomic E-state index is 11.1. The van der Waals surface area contributed by atoms with Gasteiger partial charge in [-0.1, -0.05) is 38.1 Å². The van der Waals surface area contributed by atoms with Gasteiger partial charge in [0.1, 0.15) is 11.3 Å². The van der Waals surface area contributed by atoms with E-state index >= 15 is 0 Å². The summed E-state index contributed by atoms with van der Waals surface area (Å²) in [6.45, 7) is 4.25. The highest BCUT2D eigenvalue weighted by Crippen LogP contribution is 2.24. The predicted molar refractivity (Wildman–Crippen MR) is 69.7 cm³/mol. The van der Waals surface area contributed by atoms with Crippen LogP contribution in [0.1, 0.15) is 35.7 Å². The molecule has 0 saturated carbocycles. The zero-order valence-corrected chi connectivity index (χ0v) is 10.7. The molecule has 4 heteroatoms. The van der Waals surface area contributed by atoms with E-state index in [1.165, 1.54) is 16.4 Å². The molecule has 0 aliphatic heterocycles. The Morgan fingerprint density at radius 3 is 2.39 bits per heavy atom. The van der Waals surface area contributed by atoms with Crippen molar-refractivity contribution in [3.8, 4) is 11.3 Å². The summed E-state index contributed by atoms with van der Waals surface area (Å²) in [4.78, 5) is 11.1. The van der Waals surface area contributed by atoms with Crippen LogP contribution in [0, 0.1) is 0 Å². The van der Waals surface area contributed by atoms with Crippen molar-refractivity contribution in [2.45, 2.75) is 19.8 Å². The van der Waals surface area contributed by atoms with Crippen molar-refractivity contribution in [3.63, 3.8) is 0 Å². The van der Waals surface area contributed by atoms with Crippen LogP contribution in [0.15, 0.2) is 30.5 Å². The molecular weight excluding hydrogens is 228 g/mol. The Hall–Kier alpha value is -2.10. The van der Waals surface area contributed by atoms with Crippen LogP contribution in [-0.4, -0.2) is 20.9 Å². The standard InChI is InChI=1S/C14H16N2O2/c1-9(2)10-4-6-11(7-5-10)13-12(14(17)18)8-16(3)15-13/h4-9H,1-3H3,(H,17,18). The average molecular weight is 244 g/mol. The number of nitrogens with zero attached hydrogens (tertiary/aromatic N) is 2. The van der Waals surface area contributed by atoms with Gasteiger partial charge in [0.25, 0.3) is 0 Å². The molecule has 0 aliphatic rings. The van der Waals surface area contributed by atoms with E-state index in [2.05, 4.69) is 18.9 Å². The number of rotatable bonds is 3. The second-order valence-corrected chi connectivity index (χ2v) is 4.65. The van der Waals surface area contributed by atoms with Crippen molar-refractivity contribution in [2.75, 3.05) is 0 Å². The summed E-state index contributed by atoms with van der Waals surface area (Å²) in [6.07, 6.45) is 1.52. The Labute approximate surface area is 106 Å².